The summed E-state index contributed by atoms with van der Waals surface area (Å²) in [7, 11) is 0. The van der Waals surface area contributed by atoms with Crippen LogP contribution in [0.2, 0.25) is 0 Å². The summed E-state index contributed by atoms with van der Waals surface area (Å²) in [6.45, 7) is 0. The molecule has 0 bridgehead atoms. The predicted octanol–water partition coefficient (Wildman–Crippen LogP) is 4.24. The third-order valence-electron chi connectivity index (χ3n) is 3.08. The highest BCUT2D eigenvalue weighted by Crippen LogP contribution is 2.23. The van der Waals surface area contributed by atoms with Gasteiger partial charge >= 0.3 is 6.18 Å². The first-order valence-electron chi connectivity index (χ1n) is 6.59. The largest absolute Gasteiger partial charge is 0.453 e. The molecule has 118 valence electrons. The predicted molar refractivity (Wildman–Crippen MR) is 71.3 cm³/mol. The van der Waals surface area contributed by atoms with Crippen LogP contribution in [-0.4, -0.2) is 12.0 Å². The van der Waals surface area contributed by atoms with Gasteiger partial charge in [0.15, 0.2) is 17.0 Å². The van der Waals surface area contributed by atoms with Gasteiger partial charge in [-0.2, -0.15) is 13.2 Å². The van der Waals surface area contributed by atoms with Gasteiger partial charge in [-0.3, -0.25) is 9.59 Å². The lowest BCUT2D eigenvalue weighted by Crippen LogP contribution is -2.09. The van der Waals surface area contributed by atoms with E-state index in [4.69, 9.17) is 4.42 Å². The molecule has 7 heteroatoms. The van der Waals surface area contributed by atoms with Crippen molar-refractivity contribution in [3.05, 3.63) is 46.1 Å². The van der Waals surface area contributed by atoms with E-state index in [1.54, 1.807) is 0 Å². The highest BCUT2D eigenvalue weighted by atomic mass is 19.4. The van der Waals surface area contributed by atoms with E-state index in [9.17, 15) is 27.2 Å². The van der Waals surface area contributed by atoms with Crippen LogP contribution in [0.1, 0.15) is 36.2 Å². The Morgan fingerprint density at radius 1 is 1.14 bits per heavy atom. The zero-order valence-electron chi connectivity index (χ0n) is 11.4. The fourth-order valence-corrected chi connectivity index (χ4v) is 2.00. The lowest BCUT2D eigenvalue weighted by atomic mass is 10.1. The van der Waals surface area contributed by atoms with Crippen LogP contribution in [0, 0.1) is 5.82 Å². The summed E-state index contributed by atoms with van der Waals surface area (Å²) in [4.78, 5) is 23.6. The van der Waals surface area contributed by atoms with Crippen LogP contribution in [0.3, 0.4) is 0 Å². The molecule has 0 amide bonds. The van der Waals surface area contributed by atoms with Gasteiger partial charge in [0, 0.05) is 18.9 Å². The Balaban J connectivity index is 2.09. The van der Waals surface area contributed by atoms with Crippen molar-refractivity contribution >= 4 is 16.8 Å². The quantitative estimate of drug-likeness (QED) is 0.471. The van der Waals surface area contributed by atoms with Crippen molar-refractivity contribution in [3.63, 3.8) is 0 Å². The minimum absolute atomic E-state index is 0.00798. The second-order valence-electron chi connectivity index (χ2n) is 4.86. The molecule has 2 aromatic rings. The molecule has 0 radical (unpaired) electrons. The molecule has 0 atom stereocenters. The summed E-state index contributed by atoms with van der Waals surface area (Å²) in [5.74, 6) is -1.38. The number of carbonyl (C=O) groups is 1. The first-order chi connectivity index (χ1) is 10.3. The van der Waals surface area contributed by atoms with Crippen LogP contribution in [0.5, 0.6) is 0 Å². The Morgan fingerprint density at radius 3 is 2.55 bits per heavy atom. The van der Waals surface area contributed by atoms with Gasteiger partial charge in [0.2, 0.25) is 0 Å². The summed E-state index contributed by atoms with van der Waals surface area (Å²) in [6.07, 6.45) is -5.47. The number of ketones is 1. The Morgan fingerprint density at radius 2 is 1.86 bits per heavy atom. The SMILES string of the molecule is O=C(CCCCC(F)(F)F)c1cc(=O)c2cc(F)ccc2o1. The van der Waals surface area contributed by atoms with Gasteiger partial charge in [0.05, 0.1) is 5.39 Å². The van der Waals surface area contributed by atoms with E-state index in [0.717, 1.165) is 18.2 Å². The minimum Gasteiger partial charge on any atom is -0.453 e. The maximum Gasteiger partial charge on any atom is 0.389 e. The smallest absolute Gasteiger partial charge is 0.389 e. The summed E-state index contributed by atoms with van der Waals surface area (Å²) >= 11 is 0. The number of alkyl halides is 3. The number of hydrogen-bond acceptors (Lipinski definition) is 3. The van der Waals surface area contributed by atoms with Gasteiger partial charge in [-0.1, -0.05) is 0 Å². The molecule has 0 unspecified atom stereocenters. The first-order valence-corrected chi connectivity index (χ1v) is 6.59. The average Bonchev–Trinajstić information content (AvgIpc) is 2.43. The molecule has 0 aliphatic carbocycles. The van der Waals surface area contributed by atoms with Gasteiger partial charge in [-0.25, -0.2) is 4.39 Å². The van der Waals surface area contributed by atoms with Gasteiger partial charge in [-0.15, -0.1) is 0 Å². The first kappa shape index (κ1) is 16.2. The molecule has 0 N–H and O–H groups in total. The number of rotatable bonds is 5. The van der Waals surface area contributed by atoms with E-state index < -0.39 is 29.6 Å². The summed E-state index contributed by atoms with van der Waals surface area (Å²) in [5, 5.41) is 0.00798. The van der Waals surface area contributed by atoms with E-state index in [1.165, 1.54) is 6.07 Å². The van der Waals surface area contributed by atoms with Crippen molar-refractivity contribution in [3.8, 4) is 0 Å². The van der Waals surface area contributed by atoms with Gasteiger partial charge in [0.1, 0.15) is 11.4 Å². The number of carbonyl (C=O) groups excluding carboxylic acids is 1. The lowest BCUT2D eigenvalue weighted by molar-refractivity contribution is -0.135. The van der Waals surface area contributed by atoms with Crippen molar-refractivity contribution in [1.29, 1.82) is 0 Å². The van der Waals surface area contributed by atoms with Crippen molar-refractivity contribution in [2.24, 2.45) is 0 Å². The van der Waals surface area contributed by atoms with Gasteiger partial charge in [0.25, 0.3) is 0 Å². The molecule has 22 heavy (non-hydrogen) atoms. The van der Waals surface area contributed by atoms with Crippen molar-refractivity contribution < 1.29 is 26.8 Å². The van der Waals surface area contributed by atoms with E-state index in [1.807, 2.05) is 0 Å². The minimum atomic E-state index is -4.25. The highest BCUT2D eigenvalue weighted by molar-refractivity contribution is 5.94. The molecular weight excluding hydrogens is 304 g/mol. The van der Waals surface area contributed by atoms with Crippen molar-refractivity contribution in [2.75, 3.05) is 0 Å². The van der Waals surface area contributed by atoms with Gasteiger partial charge in [-0.05, 0) is 31.0 Å². The van der Waals surface area contributed by atoms with Crippen LogP contribution in [0.15, 0.2) is 33.5 Å². The van der Waals surface area contributed by atoms with E-state index in [2.05, 4.69) is 0 Å². The number of unbranched alkanes of at least 4 members (excludes halogenated alkanes) is 1. The Kier molecular flexibility index (Phi) is 4.63. The monoisotopic (exact) mass is 316 g/mol. The second kappa shape index (κ2) is 6.29. The number of halogens is 4. The van der Waals surface area contributed by atoms with E-state index >= 15 is 0 Å². The normalized spacial score (nSPS) is 11.8. The summed E-state index contributed by atoms with van der Waals surface area (Å²) in [6, 6.07) is 4.25. The fraction of sp³-hybridized carbons (Fsp3) is 0.333. The topological polar surface area (TPSA) is 47.3 Å². The fourth-order valence-electron chi connectivity index (χ4n) is 2.00. The molecule has 1 heterocycles. The van der Waals surface area contributed by atoms with Crippen LogP contribution in [0.4, 0.5) is 17.6 Å². The maximum absolute atomic E-state index is 13.0. The third-order valence-corrected chi connectivity index (χ3v) is 3.08. The van der Waals surface area contributed by atoms with Crippen LogP contribution in [-0.2, 0) is 0 Å². The molecule has 1 aromatic heterocycles. The van der Waals surface area contributed by atoms with Crippen molar-refractivity contribution in [2.45, 2.75) is 31.9 Å². The molecule has 0 spiro atoms. The molecule has 3 nitrogen and oxygen atoms in total. The van der Waals surface area contributed by atoms with E-state index in [-0.39, 0.29) is 36.0 Å². The lowest BCUT2D eigenvalue weighted by Gasteiger charge is -2.05. The Bertz CT molecular complexity index is 747. The number of hydrogen-bond donors (Lipinski definition) is 0. The zero-order chi connectivity index (χ0) is 16.3. The van der Waals surface area contributed by atoms with Gasteiger partial charge < -0.3 is 4.42 Å². The molecule has 0 fully saturated rings. The summed E-state index contributed by atoms with van der Waals surface area (Å²) in [5.41, 5.74) is -0.507. The summed E-state index contributed by atoms with van der Waals surface area (Å²) < 4.78 is 54.2. The van der Waals surface area contributed by atoms with Crippen molar-refractivity contribution in [1.82, 2.24) is 0 Å². The average molecular weight is 316 g/mol. The standard InChI is InChI=1S/C15H12F4O3/c16-9-4-5-13-10(7-9)12(21)8-14(22-13)11(20)3-1-2-6-15(17,18)19/h4-5,7-8H,1-3,6H2. The highest BCUT2D eigenvalue weighted by Gasteiger charge is 2.26. The molecule has 1 aromatic carbocycles. The third kappa shape index (κ3) is 4.16. The molecule has 0 aliphatic rings. The molecular formula is C15H12F4O3. The Hall–Kier alpha value is -2.18. The molecule has 0 aliphatic heterocycles. The van der Waals surface area contributed by atoms with Crippen LogP contribution < -0.4 is 5.43 Å². The molecule has 0 saturated heterocycles. The molecule has 0 saturated carbocycles. The van der Waals surface area contributed by atoms with E-state index in [0.29, 0.717) is 0 Å². The maximum atomic E-state index is 13.0. The zero-order valence-corrected chi connectivity index (χ0v) is 11.4. The Labute approximate surface area is 122 Å². The number of Topliss-reactive ketones (excluding diaryl/α,β-unsaturated/α-hetero) is 1. The number of benzene rings is 1. The second-order valence-corrected chi connectivity index (χ2v) is 4.86. The number of fused-ring (bicyclic) bond motifs is 1. The molecule has 2 rings (SSSR count). The van der Waals surface area contributed by atoms with Crippen LogP contribution in [0.25, 0.3) is 11.0 Å². The van der Waals surface area contributed by atoms with Crippen LogP contribution >= 0.6 is 0 Å².